The van der Waals surface area contributed by atoms with Gasteiger partial charge in [0.25, 0.3) is 0 Å². The van der Waals surface area contributed by atoms with Crippen molar-refractivity contribution in [1.82, 2.24) is 10.2 Å². The van der Waals surface area contributed by atoms with Gasteiger partial charge in [-0.15, -0.1) is 10.2 Å². The first-order chi connectivity index (χ1) is 6.79. The number of rotatable bonds is 4. The standard InChI is InChI=1S/C10H16N4/c1-2-7-5-8(7)6-12-10-4-3-9(11)13-14-10/h3-4,7-8H,2,5-6H2,1H3,(H2,11,13)(H,12,14)/t7-,8+/m1/s1. The molecule has 76 valence electrons. The number of nitrogen functional groups attached to an aromatic ring is 1. The molecule has 0 spiro atoms. The Labute approximate surface area is 83.9 Å². The van der Waals surface area contributed by atoms with Crippen LogP contribution in [0.15, 0.2) is 12.1 Å². The van der Waals surface area contributed by atoms with Crippen molar-refractivity contribution in [1.29, 1.82) is 0 Å². The van der Waals surface area contributed by atoms with Gasteiger partial charge in [0.15, 0.2) is 0 Å². The lowest BCUT2D eigenvalue weighted by Gasteiger charge is -2.03. The van der Waals surface area contributed by atoms with E-state index in [0.29, 0.717) is 5.82 Å². The van der Waals surface area contributed by atoms with E-state index in [1.54, 1.807) is 6.07 Å². The van der Waals surface area contributed by atoms with Crippen LogP contribution in [0.2, 0.25) is 0 Å². The third-order valence-corrected chi connectivity index (χ3v) is 2.82. The van der Waals surface area contributed by atoms with Crippen LogP contribution in [0.3, 0.4) is 0 Å². The second-order valence-electron chi connectivity index (χ2n) is 3.89. The van der Waals surface area contributed by atoms with Gasteiger partial charge >= 0.3 is 0 Å². The maximum Gasteiger partial charge on any atom is 0.148 e. The molecule has 3 N–H and O–H groups in total. The molecular weight excluding hydrogens is 176 g/mol. The van der Waals surface area contributed by atoms with Gasteiger partial charge in [0.1, 0.15) is 11.6 Å². The summed E-state index contributed by atoms with van der Waals surface area (Å²) in [5.41, 5.74) is 5.44. The second-order valence-corrected chi connectivity index (χ2v) is 3.89. The van der Waals surface area contributed by atoms with Crippen molar-refractivity contribution in [3.05, 3.63) is 12.1 Å². The van der Waals surface area contributed by atoms with Crippen molar-refractivity contribution in [2.75, 3.05) is 17.6 Å². The number of hydrogen-bond acceptors (Lipinski definition) is 4. The monoisotopic (exact) mass is 192 g/mol. The number of anilines is 2. The van der Waals surface area contributed by atoms with Gasteiger partial charge in [0.05, 0.1) is 0 Å². The van der Waals surface area contributed by atoms with Crippen LogP contribution in [0, 0.1) is 11.8 Å². The van der Waals surface area contributed by atoms with E-state index in [4.69, 9.17) is 5.73 Å². The molecule has 14 heavy (non-hydrogen) atoms. The van der Waals surface area contributed by atoms with Crippen LogP contribution >= 0.6 is 0 Å². The molecule has 0 aromatic carbocycles. The number of hydrogen-bond donors (Lipinski definition) is 2. The van der Waals surface area contributed by atoms with Gasteiger partial charge in [0, 0.05) is 6.54 Å². The Balaban J connectivity index is 1.78. The number of nitrogens with zero attached hydrogens (tertiary/aromatic N) is 2. The SMILES string of the molecule is CC[C@@H]1C[C@H]1CNc1ccc(N)nn1. The van der Waals surface area contributed by atoms with Gasteiger partial charge in [0.2, 0.25) is 0 Å². The van der Waals surface area contributed by atoms with Gasteiger partial charge in [-0.3, -0.25) is 0 Å². The highest BCUT2D eigenvalue weighted by Gasteiger charge is 2.34. The fourth-order valence-electron chi connectivity index (χ4n) is 1.73. The molecule has 1 aromatic rings. The van der Waals surface area contributed by atoms with Crippen molar-refractivity contribution in [3.63, 3.8) is 0 Å². The highest BCUT2D eigenvalue weighted by molar-refractivity contribution is 5.38. The molecule has 0 aliphatic heterocycles. The first kappa shape index (κ1) is 9.24. The van der Waals surface area contributed by atoms with Gasteiger partial charge in [-0.2, -0.15) is 0 Å². The van der Waals surface area contributed by atoms with Crippen LogP contribution in [0.5, 0.6) is 0 Å². The molecular formula is C10H16N4. The summed E-state index contributed by atoms with van der Waals surface area (Å²) in [6.45, 7) is 3.25. The molecule has 0 saturated heterocycles. The van der Waals surface area contributed by atoms with E-state index in [2.05, 4.69) is 22.4 Å². The van der Waals surface area contributed by atoms with E-state index < -0.39 is 0 Å². The molecule has 0 bridgehead atoms. The summed E-state index contributed by atoms with van der Waals surface area (Å²) >= 11 is 0. The highest BCUT2D eigenvalue weighted by Crippen LogP contribution is 2.40. The van der Waals surface area contributed by atoms with Crippen LogP contribution < -0.4 is 11.1 Å². The summed E-state index contributed by atoms with van der Waals surface area (Å²) in [6, 6.07) is 3.63. The lowest BCUT2D eigenvalue weighted by atomic mass is 10.2. The first-order valence-corrected chi connectivity index (χ1v) is 5.12. The number of nitrogens with two attached hydrogens (primary N) is 1. The maximum atomic E-state index is 5.44. The van der Waals surface area contributed by atoms with E-state index in [0.717, 1.165) is 24.2 Å². The normalized spacial score (nSPS) is 24.6. The smallest absolute Gasteiger partial charge is 0.148 e. The second kappa shape index (κ2) is 3.82. The largest absolute Gasteiger partial charge is 0.382 e. The predicted molar refractivity (Wildman–Crippen MR) is 56.8 cm³/mol. The lowest BCUT2D eigenvalue weighted by Crippen LogP contribution is -2.07. The molecule has 0 radical (unpaired) electrons. The van der Waals surface area contributed by atoms with Crippen molar-refractivity contribution < 1.29 is 0 Å². The Bertz CT molecular complexity index is 295. The van der Waals surface area contributed by atoms with E-state index in [1.165, 1.54) is 12.8 Å². The van der Waals surface area contributed by atoms with Crippen LogP contribution in [0.25, 0.3) is 0 Å². The average Bonchev–Trinajstić information content (AvgIpc) is 2.96. The van der Waals surface area contributed by atoms with Crippen molar-refractivity contribution >= 4 is 11.6 Å². The van der Waals surface area contributed by atoms with Crippen LogP contribution in [-0.4, -0.2) is 16.7 Å². The summed E-state index contributed by atoms with van der Waals surface area (Å²) in [4.78, 5) is 0. The molecule has 4 heteroatoms. The Morgan fingerprint density at radius 1 is 1.43 bits per heavy atom. The van der Waals surface area contributed by atoms with Crippen molar-refractivity contribution in [2.45, 2.75) is 19.8 Å². The minimum atomic E-state index is 0.466. The zero-order chi connectivity index (χ0) is 9.97. The molecule has 1 aliphatic carbocycles. The average molecular weight is 192 g/mol. The molecule has 1 fully saturated rings. The Morgan fingerprint density at radius 2 is 2.29 bits per heavy atom. The molecule has 0 amide bonds. The van der Waals surface area contributed by atoms with Gasteiger partial charge < -0.3 is 11.1 Å². The summed E-state index contributed by atoms with van der Waals surface area (Å²) in [5.74, 6) is 3.04. The number of nitrogens with one attached hydrogen (secondary N) is 1. The van der Waals surface area contributed by atoms with E-state index in [1.807, 2.05) is 6.07 Å². The summed E-state index contributed by atoms with van der Waals surface area (Å²) in [6.07, 6.45) is 2.64. The molecule has 1 aromatic heterocycles. The van der Waals surface area contributed by atoms with E-state index >= 15 is 0 Å². The third-order valence-electron chi connectivity index (χ3n) is 2.82. The fourth-order valence-corrected chi connectivity index (χ4v) is 1.73. The van der Waals surface area contributed by atoms with Gasteiger partial charge in [-0.05, 0) is 30.4 Å². The minimum Gasteiger partial charge on any atom is -0.382 e. The van der Waals surface area contributed by atoms with E-state index in [-0.39, 0.29) is 0 Å². The maximum absolute atomic E-state index is 5.44. The van der Waals surface area contributed by atoms with Crippen molar-refractivity contribution in [3.8, 4) is 0 Å². The van der Waals surface area contributed by atoms with E-state index in [9.17, 15) is 0 Å². The summed E-state index contributed by atoms with van der Waals surface area (Å²) in [7, 11) is 0. The zero-order valence-corrected chi connectivity index (χ0v) is 8.40. The highest BCUT2D eigenvalue weighted by atomic mass is 15.2. The molecule has 1 heterocycles. The van der Waals surface area contributed by atoms with Crippen molar-refractivity contribution in [2.24, 2.45) is 11.8 Å². The van der Waals surface area contributed by atoms with Crippen LogP contribution in [-0.2, 0) is 0 Å². The molecule has 4 nitrogen and oxygen atoms in total. The number of aromatic nitrogens is 2. The summed E-state index contributed by atoms with van der Waals surface area (Å²) in [5, 5.41) is 11.0. The topological polar surface area (TPSA) is 63.8 Å². The molecule has 0 unspecified atom stereocenters. The van der Waals surface area contributed by atoms with Crippen LogP contribution in [0.4, 0.5) is 11.6 Å². The first-order valence-electron chi connectivity index (χ1n) is 5.12. The minimum absolute atomic E-state index is 0.466. The van der Waals surface area contributed by atoms with Gasteiger partial charge in [-0.25, -0.2) is 0 Å². The van der Waals surface area contributed by atoms with Crippen LogP contribution in [0.1, 0.15) is 19.8 Å². The Hall–Kier alpha value is -1.32. The summed E-state index contributed by atoms with van der Waals surface area (Å²) < 4.78 is 0. The molecule has 1 saturated carbocycles. The molecule has 2 atom stereocenters. The molecule has 1 aliphatic rings. The predicted octanol–water partition coefficient (Wildman–Crippen LogP) is 1.52. The third kappa shape index (κ3) is 2.13. The fraction of sp³-hybridized carbons (Fsp3) is 0.600. The quantitative estimate of drug-likeness (QED) is 0.759. The van der Waals surface area contributed by atoms with Gasteiger partial charge in [-0.1, -0.05) is 13.3 Å². The lowest BCUT2D eigenvalue weighted by molar-refractivity contribution is 0.700. The molecule has 2 rings (SSSR count). The Morgan fingerprint density at radius 3 is 2.86 bits per heavy atom. The zero-order valence-electron chi connectivity index (χ0n) is 8.40. The Kier molecular flexibility index (Phi) is 2.52.